The number of hydrogen-bond donors (Lipinski definition) is 0. The Morgan fingerprint density at radius 3 is 1.20 bits per heavy atom. The molecule has 8 aromatic rings. The molecule has 3 aromatic heterocycles. The normalized spacial score (nSPS) is 12.6. The second kappa shape index (κ2) is 12.4. The third kappa shape index (κ3) is 4.88. The van der Waals surface area contributed by atoms with Crippen LogP contribution in [0, 0.1) is 7.43 Å². The number of aromatic nitrogens is 8. The van der Waals surface area contributed by atoms with Crippen LogP contribution in [0.1, 0.15) is 26.3 Å². The van der Waals surface area contributed by atoms with E-state index in [0.717, 1.165) is 44.0 Å². The number of amides is 2. The Balaban J connectivity index is 0.00000192. The minimum Gasteiger partial charge on any atom is -0.358 e. The number of imide groups is 1. The largest absolute Gasteiger partial charge is 0.358 e. The van der Waals surface area contributed by atoms with Crippen molar-refractivity contribution in [1.82, 2.24) is 44.8 Å². The van der Waals surface area contributed by atoms with Crippen LogP contribution in [0.3, 0.4) is 0 Å². The Morgan fingerprint density at radius 2 is 0.778 bits per heavy atom. The zero-order valence-corrected chi connectivity index (χ0v) is 29.3. The molecule has 2 amide bonds. The van der Waals surface area contributed by atoms with Crippen molar-refractivity contribution in [2.24, 2.45) is 0 Å². The van der Waals surface area contributed by atoms with Gasteiger partial charge in [0.2, 0.25) is 0 Å². The molecule has 8 bridgehead atoms. The third-order valence-electron chi connectivity index (χ3n) is 9.71. The molecular weight excluding hydrogens is 726 g/mol. The summed E-state index contributed by atoms with van der Waals surface area (Å²) in [5, 5.41) is 3.11. The predicted octanol–water partition coefficient (Wildman–Crippen LogP) is 7.37. The standard InChI is InChI=1S/C41H21N9O2.CH3.Cu/c51-40-29-15-7-8-16-30(29)41(52)50(40)20-21-17-18-28-31(19-21)39-48-37-27-14-6-5-13-26(27)35(46-37)44-33-23-10-2-1-9-22(23)32(42-33)43-34-24-11-3-4-12-25(24)36(45-34)47-38(28)49-39;;/h1-19H,20H2;1H3;/q-2;-1;. The zero-order chi connectivity index (χ0) is 34.5. The molecule has 12 heteroatoms. The Bertz CT molecular complexity index is 3040. The van der Waals surface area contributed by atoms with E-state index in [4.69, 9.17) is 39.9 Å². The van der Waals surface area contributed by atoms with Crippen LogP contribution in [-0.4, -0.2) is 46.6 Å². The monoisotopic (exact) mass is 749 g/mol. The SMILES string of the molecule is O=C1c2ccccc2C(=O)N1Cc1ccc2c3nc4nc(nc5[n-]c(nc6nc(nc([n-]3)c2c1)-c1ccccc1-6)c1ccccc51)-c1ccccc1-4.[CH3-].[Cu]. The fourth-order valence-electron chi connectivity index (χ4n) is 7.22. The average Bonchev–Trinajstić information content (AvgIpc) is 3.96. The van der Waals surface area contributed by atoms with Crippen LogP contribution in [0.4, 0.5) is 0 Å². The summed E-state index contributed by atoms with van der Waals surface area (Å²) in [6.07, 6.45) is 0. The first kappa shape index (κ1) is 33.0. The van der Waals surface area contributed by atoms with Crippen LogP contribution in [0.15, 0.2) is 115 Å². The number of rotatable bonds is 2. The molecule has 6 heterocycles. The van der Waals surface area contributed by atoms with Gasteiger partial charge >= 0.3 is 0 Å². The fraction of sp³-hybridized carbons (Fsp3) is 0.0238. The van der Waals surface area contributed by atoms with Gasteiger partial charge in [0.25, 0.3) is 11.8 Å². The van der Waals surface area contributed by atoms with Crippen LogP contribution in [0.5, 0.6) is 0 Å². The van der Waals surface area contributed by atoms with Gasteiger partial charge in [0, 0.05) is 61.9 Å². The van der Waals surface area contributed by atoms with E-state index in [1.54, 1.807) is 24.3 Å². The Kier molecular flexibility index (Phi) is 7.56. The van der Waals surface area contributed by atoms with E-state index in [0.29, 0.717) is 62.4 Å². The van der Waals surface area contributed by atoms with Crippen LogP contribution in [-0.2, 0) is 23.6 Å². The van der Waals surface area contributed by atoms with Gasteiger partial charge in [0.05, 0.1) is 41.0 Å². The van der Waals surface area contributed by atoms with Crippen molar-refractivity contribution < 1.29 is 26.7 Å². The summed E-state index contributed by atoms with van der Waals surface area (Å²) in [7, 11) is 0. The van der Waals surface area contributed by atoms with E-state index in [9.17, 15) is 9.59 Å². The van der Waals surface area contributed by atoms with Crippen molar-refractivity contribution >= 4 is 55.9 Å². The quantitative estimate of drug-likeness (QED) is 0.0999. The van der Waals surface area contributed by atoms with Crippen LogP contribution >= 0.6 is 0 Å². The van der Waals surface area contributed by atoms with Gasteiger partial charge in [-0.3, -0.25) is 14.5 Å². The summed E-state index contributed by atoms with van der Waals surface area (Å²) in [6.45, 7) is 0.0856. The molecule has 3 aliphatic heterocycles. The summed E-state index contributed by atoms with van der Waals surface area (Å²) < 4.78 is 0. The zero-order valence-electron chi connectivity index (χ0n) is 28.3. The van der Waals surface area contributed by atoms with E-state index < -0.39 is 0 Å². The maximum atomic E-state index is 13.2. The second-order valence-corrected chi connectivity index (χ2v) is 12.7. The molecule has 0 unspecified atom stereocenters. The van der Waals surface area contributed by atoms with Crippen LogP contribution < -0.4 is 9.97 Å². The number of fused-ring (bicyclic) bond motifs is 21. The fourth-order valence-corrected chi connectivity index (χ4v) is 7.22. The van der Waals surface area contributed by atoms with Crippen molar-refractivity contribution in [1.29, 1.82) is 0 Å². The van der Waals surface area contributed by atoms with E-state index in [1.165, 1.54) is 4.90 Å². The maximum Gasteiger partial charge on any atom is 0.261 e. The molecule has 0 atom stereocenters. The van der Waals surface area contributed by atoms with E-state index in [1.807, 2.05) is 91.0 Å². The number of nitrogens with zero attached hydrogens (tertiary/aromatic N) is 9. The first-order chi connectivity index (χ1) is 25.6. The van der Waals surface area contributed by atoms with Crippen LogP contribution in [0.2, 0.25) is 0 Å². The second-order valence-electron chi connectivity index (χ2n) is 12.7. The molecule has 11 nitrogen and oxygen atoms in total. The van der Waals surface area contributed by atoms with Crippen molar-refractivity contribution in [2.75, 3.05) is 0 Å². The summed E-state index contributed by atoms with van der Waals surface area (Å²) in [4.78, 5) is 67.4. The summed E-state index contributed by atoms with van der Waals surface area (Å²) >= 11 is 0. The minimum absolute atomic E-state index is 0. The minimum atomic E-state index is -0.322. The van der Waals surface area contributed by atoms with Gasteiger partial charge < -0.3 is 37.3 Å². The molecule has 11 rings (SSSR count). The van der Waals surface area contributed by atoms with E-state index in [2.05, 4.69) is 0 Å². The molecule has 0 N–H and O–H groups in total. The number of carbonyl (C=O) groups excluding carboxylic acids is 2. The van der Waals surface area contributed by atoms with Gasteiger partial charge in [-0.05, 0) is 45.3 Å². The maximum absolute atomic E-state index is 13.2. The van der Waals surface area contributed by atoms with Crippen LogP contribution in [0.25, 0.3) is 89.7 Å². The van der Waals surface area contributed by atoms with Crippen molar-refractivity contribution in [3.63, 3.8) is 0 Å². The van der Waals surface area contributed by atoms with E-state index >= 15 is 0 Å². The Morgan fingerprint density at radius 1 is 0.426 bits per heavy atom. The number of hydrogen-bond acceptors (Lipinski definition) is 8. The topological polar surface area (TPSA) is 143 Å². The van der Waals surface area contributed by atoms with Crippen molar-refractivity contribution in [2.45, 2.75) is 6.54 Å². The van der Waals surface area contributed by atoms with Gasteiger partial charge in [-0.15, -0.1) is 0 Å². The average molecular weight is 750 g/mol. The molecule has 263 valence electrons. The molecule has 3 aliphatic rings. The number of carbonyl (C=O) groups is 2. The van der Waals surface area contributed by atoms with Gasteiger partial charge in [0.15, 0.2) is 0 Å². The molecule has 0 spiro atoms. The summed E-state index contributed by atoms with van der Waals surface area (Å²) in [5.74, 6) is 1.22. The molecule has 0 saturated heterocycles. The molecule has 5 aromatic carbocycles. The third-order valence-corrected chi connectivity index (χ3v) is 9.71. The van der Waals surface area contributed by atoms with Gasteiger partial charge in [0.1, 0.15) is 0 Å². The van der Waals surface area contributed by atoms with Gasteiger partial charge in [-0.1, -0.05) is 97.1 Å². The summed E-state index contributed by atoms with van der Waals surface area (Å²) in [6, 6.07) is 36.0. The predicted molar refractivity (Wildman–Crippen MR) is 201 cm³/mol. The molecular formula is C42H24CuN9O2-3. The first-order valence-electron chi connectivity index (χ1n) is 16.7. The number of benzene rings is 5. The Hall–Kier alpha value is -6.88. The molecule has 1 radical (unpaired) electrons. The molecule has 0 fully saturated rings. The van der Waals surface area contributed by atoms with Crippen molar-refractivity contribution in [3.8, 4) is 45.6 Å². The molecule has 54 heavy (non-hydrogen) atoms. The van der Waals surface area contributed by atoms with Gasteiger partial charge in [-0.2, -0.15) is 0 Å². The first-order valence-corrected chi connectivity index (χ1v) is 16.7. The molecule has 0 aliphatic carbocycles. The van der Waals surface area contributed by atoms with E-state index in [-0.39, 0.29) is 42.9 Å². The molecule has 0 saturated carbocycles. The Labute approximate surface area is 317 Å². The van der Waals surface area contributed by atoms with Crippen molar-refractivity contribution in [3.05, 3.63) is 139 Å². The van der Waals surface area contributed by atoms with Gasteiger partial charge in [-0.25, -0.2) is 9.97 Å². The summed E-state index contributed by atoms with van der Waals surface area (Å²) in [5.41, 5.74) is 6.61. The smallest absolute Gasteiger partial charge is 0.261 e.